The summed E-state index contributed by atoms with van der Waals surface area (Å²) in [5, 5.41) is 14.3. The first-order chi connectivity index (χ1) is 9.90. The Morgan fingerprint density at radius 1 is 1.14 bits per heavy atom. The highest BCUT2D eigenvalue weighted by molar-refractivity contribution is 5.74. The van der Waals surface area contributed by atoms with Crippen molar-refractivity contribution in [3.63, 3.8) is 0 Å². The average Bonchev–Trinajstić information content (AvgIpc) is 2.43. The number of carbonyl (C=O) groups excluding carboxylic acids is 1. The summed E-state index contributed by atoms with van der Waals surface area (Å²) in [5.41, 5.74) is 0. The molecule has 0 rings (SSSR count). The predicted octanol–water partition coefficient (Wildman–Crippen LogP) is 1.91. The van der Waals surface area contributed by atoms with Crippen molar-refractivity contribution in [2.45, 2.75) is 53.0 Å². The van der Waals surface area contributed by atoms with Gasteiger partial charge in [-0.05, 0) is 45.8 Å². The normalized spacial score (nSPS) is 13.8. The Balaban J connectivity index is 3.72. The Bertz CT molecular complexity index is 307. The van der Waals surface area contributed by atoms with Gasteiger partial charge in [0.05, 0.1) is 5.92 Å². The van der Waals surface area contributed by atoms with Crippen molar-refractivity contribution in [3.05, 3.63) is 0 Å². The van der Waals surface area contributed by atoms with Crippen molar-refractivity contribution in [2.75, 3.05) is 26.2 Å². The number of carbonyl (C=O) groups is 2. The van der Waals surface area contributed by atoms with Gasteiger partial charge in [0.15, 0.2) is 0 Å². The van der Waals surface area contributed by atoms with Gasteiger partial charge in [-0.2, -0.15) is 0 Å². The van der Waals surface area contributed by atoms with Crippen LogP contribution < -0.4 is 10.6 Å². The molecule has 0 fully saturated rings. The zero-order valence-electron chi connectivity index (χ0n) is 13.8. The van der Waals surface area contributed by atoms with Crippen LogP contribution in [0.2, 0.25) is 0 Å². The lowest BCUT2D eigenvalue weighted by atomic mass is 10.1. The van der Waals surface area contributed by atoms with E-state index < -0.39 is 11.9 Å². The lowest BCUT2D eigenvalue weighted by Crippen LogP contribution is -2.41. The molecule has 3 N–H and O–H groups in total. The van der Waals surface area contributed by atoms with Crippen LogP contribution in [0, 0.1) is 5.92 Å². The molecule has 2 amide bonds. The Hall–Kier alpha value is -1.30. The summed E-state index contributed by atoms with van der Waals surface area (Å²) in [6.07, 6.45) is 2.44. The van der Waals surface area contributed by atoms with Crippen LogP contribution >= 0.6 is 0 Å². The van der Waals surface area contributed by atoms with Gasteiger partial charge >= 0.3 is 12.0 Å². The molecule has 0 aliphatic heterocycles. The Kier molecular flexibility index (Phi) is 10.7. The summed E-state index contributed by atoms with van der Waals surface area (Å²) in [5.74, 6) is -1.27. The van der Waals surface area contributed by atoms with Gasteiger partial charge in [-0.1, -0.05) is 20.8 Å². The number of hydrogen-bond donors (Lipinski definition) is 3. The Morgan fingerprint density at radius 2 is 1.76 bits per heavy atom. The molecule has 0 aliphatic carbocycles. The van der Waals surface area contributed by atoms with Crippen molar-refractivity contribution in [3.8, 4) is 0 Å². The van der Waals surface area contributed by atoms with E-state index in [0.717, 1.165) is 32.5 Å². The zero-order chi connectivity index (χ0) is 16.3. The van der Waals surface area contributed by atoms with Crippen LogP contribution in [-0.2, 0) is 4.79 Å². The van der Waals surface area contributed by atoms with Gasteiger partial charge in [0.25, 0.3) is 0 Å². The van der Waals surface area contributed by atoms with Crippen LogP contribution in [0.15, 0.2) is 0 Å². The number of hydrogen-bond acceptors (Lipinski definition) is 3. The SMILES string of the molecule is CCN(CC)CCCC(C)NC(=O)NCCC(C)C(=O)O. The maximum absolute atomic E-state index is 11.6. The minimum atomic E-state index is -0.832. The molecule has 0 saturated carbocycles. The van der Waals surface area contributed by atoms with Crippen LogP contribution in [0.25, 0.3) is 0 Å². The predicted molar refractivity (Wildman–Crippen MR) is 84.4 cm³/mol. The molecule has 0 aromatic rings. The summed E-state index contributed by atoms with van der Waals surface area (Å²) in [6, 6.07) is -0.0969. The number of carboxylic acid groups (broad SMARTS) is 1. The van der Waals surface area contributed by atoms with Crippen molar-refractivity contribution in [2.24, 2.45) is 5.92 Å². The van der Waals surface area contributed by atoms with E-state index in [9.17, 15) is 9.59 Å². The van der Waals surface area contributed by atoms with Gasteiger partial charge in [-0.15, -0.1) is 0 Å². The number of aliphatic carboxylic acids is 1. The van der Waals surface area contributed by atoms with Crippen molar-refractivity contribution < 1.29 is 14.7 Å². The number of rotatable bonds is 11. The molecule has 6 nitrogen and oxygen atoms in total. The lowest BCUT2D eigenvalue weighted by molar-refractivity contribution is -0.141. The molecule has 0 radical (unpaired) electrons. The molecule has 0 aromatic heterocycles. The second-order valence-corrected chi connectivity index (χ2v) is 5.50. The first-order valence-electron chi connectivity index (χ1n) is 7.90. The van der Waals surface area contributed by atoms with E-state index in [2.05, 4.69) is 29.4 Å². The molecule has 0 bridgehead atoms. The van der Waals surface area contributed by atoms with Gasteiger partial charge in [0, 0.05) is 12.6 Å². The zero-order valence-corrected chi connectivity index (χ0v) is 13.8. The fourth-order valence-electron chi connectivity index (χ4n) is 2.03. The highest BCUT2D eigenvalue weighted by Gasteiger charge is 2.12. The quantitative estimate of drug-likeness (QED) is 0.544. The second-order valence-electron chi connectivity index (χ2n) is 5.50. The minimum Gasteiger partial charge on any atom is -0.481 e. The molecular weight excluding hydrogens is 270 g/mol. The standard InChI is InChI=1S/C15H31N3O3/c1-5-18(6-2)11-7-8-13(4)17-15(21)16-10-9-12(3)14(19)20/h12-13H,5-11H2,1-4H3,(H,19,20)(H2,16,17,21). The maximum atomic E-state index is 11.6. The molecule has 6 heteroatoms. The molecule has 2 atom stereocenters. The highest BCUT2D eigenvalue weighted by atomic mass is 16.4. The van der Waals surface area contributed by atoms with Crippen LogP contribution in [0.4, 0.5) is 4.79 Å². The van der Waals surface area contributed by atoms with Gasteiger partial charge in [-0.3, -0.25) is 4.79 Å². The van der Waals surface area contributed by atoms with Crippen LogP contribution in [0.1, 0.15) is 47.0 Å². The first-order valence-corrected chi connectivity index (χ1v) is 7.90. The van der Waals surface area contributed by atoms with Gasteiger partial charge in [0.1, 0.15) is 0 Å². The van der Waals surface area contributed by atoms with Crippen LogP contribution in [-0.4, -0.2) is 54.2 Å². The van der Waals surface area contributed by atoms with Crippen molar-refractivity contribution >= 4 is 12.0 Å². The Labute approximate surface area is 128 Å². The molecule has 2 unspecified atom stereocenters. The van der Waals surface area contributed by atoms with E-state index in [1.54, 1.807) is 6.92 Å². The van der Waals surface area contributed by atoms with E-state index >= 15 is 0 Å². The lowest BCUT2D eigenvalue weighted by Gasteiger charge is -2.20. The van der Waals surface area contributed by atoms with E-state index in [4.69, 9.17) is 5.11 Å². The largest absolute Gasteiger partial charge is 0.481 e. The fourth-order valence-corrected chi connectivity index (χ4v) is 2.03. The maximum Gasteiger partial charge on any atom is 0.314 e. The molecule has 0 aromatic carbocycles. The van der Waals surface area contributed by atoms with E-state index in [0.29, 0.717) is 13.0 Å². The number of urea groups is 1. The number of carboxylic acids is 1. The Morgan fingerprint density at radius 3 is 2.29 bits per heavy atom. The molecule has 0 spiro atoms. The topological polar surface area (TPSA) is 81.7 Å². The number of amides is 2. The summed E-state index contributed by atoms with van der Waals surface area (Å²) in [7, 11) is 0. The molecule has 124 valence electrons. The van der Waals surface area contributed by atoms with Gasteiger partial charge in [0.2, 0.25) is 0 Å². The van der Waals surface area contributed by atoms with Crippen molar-refractivity contribution in [1.82, 2.24) is 15.5 Å². The molecule has 0 saturated heterocycles. The summed E-state index contributed by atoms with van der Waals surface area (Å²) < 4.78 is 0. The molecular formula is C15H31N3O3. The third kappa shape index (κ3) is 10.1. The summed E-state index contributed by atoms with van der Waals surface area (Å²) in [6.45, 7) is 11.5. The third-order valence-electron chi connectivity index (χ3n) is 3.67. The average molecular weight is 301 g/mol. The first kappa shape index (κ1) is 19.7. The van der Waals surface area contributed by atoms with Crippen LogP contribution in [0.5, 0.6) is 0 Å². The van der Waals surface area contributed by atoms with Gasteiger partial charge in [-0.25, -0.2) is 4.79 Å². The molecule has 21 heavy (non-hydrogen) atoms. The third-order valence-corrected chi connectivity index (χ3v) is 3.67. The molecule has 0 aliphatic rings. The van der Waals surface area contributed by atoms with Crippen molar-refractivity contribution in [1.29, 1.82) is 0 Å². The minimum absolute atomic E-state index is 0.123. The van der Waals surface area contributed by atoms with E-state index in [1.165, 1.54) is 0 Å². The van der Waals surface area contributed by atoms with Gasteiger partial charge < -0.3 is 20.6 Å². The van der Waals surface area contributed by atoms with E-state index in [-0.39, 0.29) is 12.1 Å². The summed E-state index contributed by atoms with van der Waals surface area (Å²) in [4.78, 5) is 24.6. The monoisotopic (exact) mass is 301 g/mol. The number of nitrogens with zero attached hydrogens (tertiary/aromatic N) is 1. The highest BCUT2D eigenvalue weighted by Crippen LogP contribution is 2.01. The van der Waals surface area contributed by atoms with Crippen LogP contribution in [0.3, 0.4) is 0 Å². The molecule has 0 heterocycles. The smallest absolute Gasteiger partial charge is 0.314 e. The summed E-state index contributed by atoms with van der Waals surface area (Å²) >= 11 is 0. The fraction of sp³-hybridized carbons (Fsp3) is 0.867. The van der Waals surface area contributed by atoms with E-state index in [1.807, 2.05) is 6.92 Å². The second kappa shape index (κ2) is 11.4. The number of nitrogens with one attached hydrogen (secondary N) is 2.